The van der Waals surface area contributed by atoms with Gasteiger partial charge in [0.15, 0.2) is 5.79 Å². The van der Waals surface area contributed by atoms with Crippen LogP contribution in [0.5, 0.6) is 0 Å². The predicted octanol–water partition coefficient (Wildman–Crippen LogP) is 0.849. The standard InChI is InChI=1S/C10H12O4/c1-14-10(13)6-2-3-8(7-10)4-5-9(11)12/h2-6,13H,7H2,1H3,(H,11,12). The third kappa shape index (κ3) is 2.83. The Bertz CT molecular complexity index is 314. The lowest BCUT2D eigenvalue weighted by Crippen LogP contribution is -2.29. The summed E-state index contributed by atoms with van der Waals surface area (Å²) in [6.45, 7) is 0. The van der Waals surface area contributed by atoms with Gasteiger partial charge in [0.05, 0.1) is 0 Å². The Morgan fingerprint density at radius 1 is 1.71 bits per heavy atom. The summed E-state index contributed by atoms with van der Waals surface area (Å²) < 4.78 is 4.86. The number of carbonyl (C=O) groups is 1. The van der Waals surface area contributed by atoms with E-state index >= 15 is 0 Å². The predicted molar refractivity (Wildman–Crippen MR) is 50.6 cm³/mol. The second-order valence-corrected chi connectivity index (χ2v) is 3.00. The van der Waals surface area contributed by atoms with Crippen LogP contribution in [0.25, 0.3) is 0 Å². The largest absolute Gasteiger partial charge is 0.478 e. The zero-order valence-corrected chi connectivity index (χ0v) is 7.80. The van der Waals surface area contributed by atoms with Gasteiger partial charge in [-0.15, -0.1) is 0 Å². The summed E-state index contributed by atoms with van der Waals surface area (Å²) in [6.07, 6.45) is 7.60. The Morgan fingerprint density at radius 2 is 2.43 bits per heavy atom. The number of allylic oxidation sites excluding steroid dienone is 3. The lowest BCUT2D eigenvalue weighted by Gasteiger charge is -2.25. The normalized spacial score (nSPS) is 26.6. The molecule has 0 aromatic heterocycles. The molecule has 0 bridgehead atoms. The molecule has 4 nitrogen and oxygen atoms in total. The summed E-state index contributed by atoms with van der Waals surface area (Å²) in [4.78, 5) is 10.2. The van der Waals surface area contributed by atoms with Crippen molar-refractivity contribution in [3.63, 3.8) is 0 Å². The highest BCUT2D eigenvalue weighted by Crippen LogP contribution is 2.24. The van der Waals surface area contributed by atoms with Crippen LogP contribution < -0.4 is 0 Å². The second-order valence-electron chi connectivity index (χ2n) is 3.00. The highest BCUT2D eigenvalue weighted by molar-refractivity contribution is 5.80. The maximum atomic E-state index is 10.2. The van der Waals surface area contributed by atoms with Crippen LogP contribution in [0.2, 0.25) is 0 Å². The van der Waals surface area contributed by atoms with Gasteiger partial charge in [-0.25, -0.2) is 4.79 Å². The molecule has 1 rings (SSSR count). The zero-order valence-electron chi connectivity index (χ0n) is 7.80. The maximum Gasteiger partial charge on any atom is 0.328 e. The van der Waals surface area contributed by atoms with Gasteiger partial charge in [-0.05, 0) is 11.6 Å². The van der Waals surface area contributed by atoms with Gasteiger partial charge in [0, 0.05) is 19.6 Å². The molecule has 0 aromatic rings. The fourth-order valence-electron chi connectivity index (χ4n) is 1.17. The molecule has 0 aliphatic heterocycles. The van der Waals surface area contributed by atoms with E-state index in [-0.39, 0.29) is 6.42 Å². The molecule has 14 heavy (non-hydrogen) atoms. The Kier molecular flexibility index (Phi) is 3.22. The molecule has 0 amide bonds. The molecular formula is C10H12O4. The topological polar surface area (TPSA) is 66.8 Å². The van der Waals surface area contributed by atoms with Crippen LogP contribution in [-0.4, -0.2) is 29.1 Å². The molecule has 1 aliphatic carbocycles. The van der Waals surface area contributed by atoms with Gasteiger partial charge in [-0.3, -0.25) is 0 Å². The van der Waals surface area contributed by atoms with Gasteiger partial charge in [-0.2, -0.15) is 0 Å². The summed E-state index contributed by atoms with van der Waals surface area (Å²) in [6, 6.07) is 0. The summed E-state index contributed by atoms with van der Waals surface area (Å²) in [5.41, 5.74) is 0.708. The van der Waals surface area contributed by atoms with E-state index in [1.807, 2.05) is 0 Å². The van der Waals surface area contributed by atoms with E-state index in [1.165, 1.54) is 19.3 Å². The second kappa shape index (κ2) is 4.21. The number of aliphatic carboxylic acids is 1. The SMILES string of the molecule is COC1(O)C=CC=C(C=CC(=O)O)C1. The summed E-state index contributed by atoms with van der Waals surface area (Å²) in [5.74, 6) is -2.33. The van der Waals surface area contributed by atoms with Crippen LogP contribution in [-0.2, 0) is 9.53 Å². The average Bonchev–Trinajstić information content (AvgIpc) is 2.15. The fourth-order valence-corrected chi connectivity index (χ4v) is 1.17. The van der Waals surface area contributed by atoms with Crippen molar-refractivity contribution < 1.29 is 19.7 Å². The monoisotopic (exact) mass is 196 g/mol. The molecule has 2 N–H and O–H groups in total. The number of hydrogen-bond donors (Lipinski definition) is 2. The van der Waals surface area contributed by atoms with Crippen LogP contribution in [0.3, 0.4) is 0 Å². The van der Waals surface area contributed by atoms with E-state index in [2.05, 4.69) is 0 Å². The molecule has 0 fully saturated rings. The summed E-state index contributed by atoms with van der Waals surface area (Å²) in [5, 5.41) is 18.1. The van der Waals surface area contributed by atoms with Gasteiger partial charge in [0.2, 0.25) is 0 Å². The van der Waals surface area contributed by atoms with Crippen LogP contribution in [0.1, 0.15) is 6.42 Å². The number of rotatable bonds is 3. The van der Waals surface area contributed by atoms with Crippen molar-refractivity contribution in [3.8, 4) is 0 Å². The van der Waals surface area contributed by atoms with Gasteiger partial charge in [-0.1, -0.05) is 18.2 Å². The number of carboxylic acid groups (broad SMARTS) is 1. The Labute approximate surface area is 81.8 Å². The molecule has 1 aliphatic rings. The first kappa shape index (κ1) is 10.7. The fraction of sp³-hybridized carbons (Fsp3) is 0.300. The summed E-state index contributed by atoms with van der Waals surface area (Å²) >= 11 is 0. The highest BCUT2D eigenvalue weighted by atomic mass is 16.6. The molecule has 4 heteroatoms. The Morgan fingerprint density at radius 3 is 3.00 bits per heavy atom. The van der Waals surface area contributed by atoms with Gasteiger partial charge in [0.1, 0.15) is 0 Å². The van der Waals surface area contributed by atoms with Crippen molar-refractivity contribution in [2.24, 2.45) is 0 Å². The van der Waals surface area contributed by atoms with Crippen LogP contribution in [0.15, 0.2) is 36.0 Å². The first-order valence-electron chi connectivity index (χ1n) is 4.13. The van der Waals surface area contributed by atoms with Crippen LogP contribution >= 0.6 is 0 Å². The molecule has 1 unspecified atom stereocenters. The quantitative estimate of drug-likeness (QED) is 0.518. The van der Waals surface area contributed by atoms with Crippen molar-refractivity contribution in [2.45, 2.75) is 12.2 Å². The number of hydrogen-bond acceptors (Lipinski definition) is 3. The van der Waals surface area contributed by atoms with Crippen LogP contribution in [0, 0.1) is 0 Å². The molecule has 0 heterocycles. The molecule has 0 saturated heterocycles. The van der Waals surface area contributed by atoms with Gasteiger partial charge >= 0.3 is 5.97 Å². The lowest BCUT2D eigenvalue weighted by molar-refractivity contribution is -0.144. The highest BCUT2D eigenvalue weighted by Gasteiger charge is 2.25. The first-order valence-corrected chi connectivity index (χ1v) is 4.13. The minimum atomic E-state index is -1.31. The molecule has 1 atom stereocenters. The van der Waals surface area contributed by atoms with E-state index in [0.29, 0.717) is 5.57 Å². The number of aliphatic hydroxyl groups is 1. The first-order chi connectivity index (χ1) is 6.56. The molecule has 0 saturated carbocycles. The minimum absolute atomic E-state index is 0.254. The van der Waals surface area contributed by atoms with E-state index < -0.39 is 11.8 Å². The molecular weight excluding hydrogens is 184 g/mol. The average molecular weight is 196 g/mol. The van der Waals surface area contributed by atoms with E-state index in [4.69, 9.17) is 9.84 Å². The Balaban J connectivity index is 2.70. The number of carboxylic acids is 1. The molecule has 0 aromatic carbocycles. The third-order valence-corrected chi connectivity index (χ3v) is 1.92. The van der Waals surface area contributed by atoms with Crippen LogP contribution in [0.4, 0.5) is 0 Å². The van der Waals surface area contributed by atoms with Crippen molar-refractivity contribution in [3.05, 3.63) is 36.0 Å². The van der Waals surface area contributed by atoms with Gasteiger partial charge in [0.25, 0.3) is 0 Å². The van der Waals surface area contributed by atoms with Crippen molar-refractivity contribution in [1.82, 2.24) is 0 Å². The third-order valence-electron chi connectivity index (χ3n) is 1.92. The maximum absolute atomic E-state index is 10.2. The molecule has 76 valence electrons. The Hall–Kier alpha value is -1.39. The molecule has 0 spiro atoms. The van der Waals surface area contributed by atoms with Crippen molar-refractivity contribution in [1.29, 1.82) is 0 Å². The number of methoxy groups -OCH3 is 1. The van der Waals surface area contributed by atoms with Gasteiger partial charge < -0.3 is 14.9 Å². The van der Waals surface area contributed by atoms with E-state index in [9.17, 15) is 9.90 Å². The minimum Gasteiger partial charge on any atom is -0.478 e. The summed E-state index contributed by atoms with van der Waals surface area (Å²) in [7, 11) is 1.40. The zero-order chi connectivity index (χ0) is 10.6. The number of ether oxygens (including phenoxy) is 1. The van der Waals surface area contributed by atoms with E-state index in [0.717, 1.165) is 6.08 Å². The lowest BCUT2D eigenvalue weighted by atomic mass is 9.99. The smallest absolute Gasteiger partial charge is 0.328 e. The van der Waals surface area contributed by atoms with E-state index in [1.54, 1.807) is 12.2 Å². The van der Waals surface area contributed by atoms with Crippen molar-refractivity contribution >= 4 is 5.97 Å². The molecule has 0 radical (unpaired) electrons. The van der Waals surface area contributed by atoms with Crippen molar-refractivity contribution in [2.75, 3.05) is 7.11 Å².